The van der Waals surface area contributed by atoms with Crippen LogP contribution >= 0.6 is 24.0 Å². The largest absolute Gasteiger partial charge is 0.355 e. The van der Waals surface area contributed by atoms with E-state index in [1.165, 1.54) is 6.26 Å². The molecule has 0 saturated heterocycles. The van der Waals surface area contributed by atoms with Gasteiger partial charge in [-0.2, -0.15) is 0 Å². The number of benzene rings is 1. The molecule has 0 atom stereocenters. The fourth-order valence-electron chi connectivity index (χ4n) is 2.50. The summed E-state index contributed by atoms with van der Waals surface area (Å²) in [5.41, 5.74) is 1.70. The average molecular weight is 494 g/mol. The van der Waals surface area contributed by atoms with Crippen molar-refractivity contribution < 1.29 is 13.2 Å². The third-order valence-electron chi connectivity index (χ3n) is 3.99. The summed E-state index contributed by atoms with van der Waals surface area (Å²) in [6.07, 6.45) is 3.21. The lowest BCUT2D eigenvalue weighted by molar-refractivity contribution is -0.122. The highest BCUT2D eigenvalue weighted by atomic mass is 127. The third-order valence-corrected chi connectivity index (χ3v) is 5.24. The minimum Gasteiger partial charge on any atom is -0.355 e. The maximum Gasteiger partial charge on any atom is 0.223 e. The Morgan fingerprint density at radius 1 is 1.19 bits per heavy atom. The van der Waals surface area contributed by atoms with E-state index in [-0.39, 0.29) is 35.8 Å². The first kappa shape index (κ1) is 22.7. The van der Waals surface area contributed by atoms with Gasteiger partial charge in [0.05, 0.1) is 4.90 Å². The number of aliphatic imine (C=N–C) groups is 1. The highest BCUT2D eigenvalue weighted by Crippen LogP contribution is 2.28. The number of sulfone groups is 1. The molecule has 7 nitrogen and oxygen atoms in total. The zero-order valence-corrected chi connectivity index (χ0v) is 18.5. The van der Waals surface area contributed by atoms with Crippen LogP contribution in [0.3, 0.4) is 0 Å². The number of hydrogen-bond donors (Lipinski definition) is 3. The number of carbonyl (C=O) groups is 1. The zero-order chi connectivity index (χ0) is 18.4. The average Bonchev–Trinajstić information content (AvgIpc) is 3.37. The van der Waals surface area contributed by atoms with Crippen LogP contribution in [0.25, 0.3) is 0 Å². The molecule has 26 heavy (non-hydrogen) atoms. The number of amides is 1. The molecule has 3 N–H and O–H groups in total. The normalized spacial score (nSPS) is 14.3. The van der Waals surface area contributed by atoms with Crippen molar-refractivity contribution in [3.8, 4) is 0 Å². The van der Waals surface area contributed by atoms with Gasteiger partial charge < -0.3 is 16.0 Å². The second kappa shape index (κ2) is 10.1. The minimum atomic E-state index is -3.20. The molecule has 2 rings (SSSR count). The smallest absolute Gasteiger partial charge is 0.223 e. The van der Waals surface area contributed by atoms with Crippen LogP contribution in [0.4, 0.5) is 0 Å². The lowest BCUT2D eigenvalue weighted by Crippen LogP contribution is -2.41. The number of halogens is 1. The number of hydrogen-bond acceptors (Lipinski definition) is 4. The van der Waals surface area contributed by atoms with E-state index >= 15 is 0 Å². The first-order valence-electron chi connectivity index (χ1n) is 8.33. The summed E-state index contributed by atoms with van der Waals surface area (Å²) in [4.78, 5) is 16.0. The SMILES string of the molecule is CN=C(NCCNC(=O)C1CC1)NCc1ccc(S(C)(=O)=O)c(C)c1.I. The van der Waals surface area contributed by atoms with E-state index in [1.54, 1.807) is 26.1 Å². The molecular formula is C17H27IN4O3S. The predicted octanol–water partition coefficient (Wildman–Crippen LogP) is 1.21. The maximum absolute atomic E-state index is 11.6. The number of nitrogens with zero attached hydrogens (tertiary/aromatic N) is 1. The molecule has 0 aliphatic heterocycles. The molecule has 0 radical (unpaired) electrons. The van der Waals surface area contributed by atoms with Crippen molar-refractivity contribution in [1.82, 2.24) is 16.0 Å². The second-order valence-electron chi connectivity index (χ2n) is 6.29. The molecule has 1 aromatic rings. The summed E-state index contributed by atoms with van der Waals surface area (Å²) in [7, 11) is -1.52. The Bertz CT molecular complexity index is 761. The van der Waals surface area contributed by atoms with Crippen LogP contribution in [0.5, 0.6) is 0 Å². The third kappa shape index (κ3) is 7.10. The van der Waals surface area contributed by atoms with Gasteiger partial charge >= 0.3 is 0 Å². The predicted molar refractivity (Wildman–Crippen MR) is 114 cm³/mol. The molecule has 1 saturated carbocycles. The molecular weight excluding hydrogens is 467 g/mol. The van der Waals surface area contributed by atoms with E-state index in [2.05, 4.69) is 20.9 Å². The van der Waals surface area contributed by atoms with E-state index in [1.807, 2.05) is 6.07 Å². The van der Waals surface area contributed by atoms with Crippen molar-refractivity contribution in [2.75, 3.05) is 26.4 Å². The first-order chi connectivity index (χ1) is 11.8. The second-order valence-corrected chi connectivity index (χ2v) is 8.27. The van der Waals surface area contributed by atoms with Gasteiger partial charge in [-0.15, -0.1) is 24.0 Å². The fourth-order valence-corrected chi connectivity index (χ4v) is 3.46. The maximum atomic E-state index is 11.6. The Balaban J connectivity index is 0.00000338. The molecule has 0 spiro atoms. The lowest BCUT2D eigenvalue weighted by Gasteiger charge is -2.13. The quantitative estimate of drug-likeness (QED) is 0.229. The van der Waals surface area contributed by atoms with Crippen LogP contribution in [-0.2, 0) is 21.2 Å². The number of aryl methyl sites for hydroxylation is 1. The molecule has 0 aromatic heterocycles. The minimum absolute atomic E-state index is 0. The standard InChI is InChI=1S/C17H26N4O3S.HI/c1-12-10-13(4-7-15(12)25(3,23)24)11-21-17(18-2)20-9-8-19-16(22)14-5-6-14;/h4,7,10,14H,5-6,8-9,11H2,1-3H3,(H,19,22)(H2,18,20,21);1H. The van der Waals surface area contributed by atoms with Crippen molar-refractivity contribution in [2.45, 2.75) is 31.2 Å². The van der Waals surface area contributed by atoms with Gasteiger partial charge in [0, 0.05) is 38.9 Å². The topological polar surface area (TPSA) is 99.7 Å². The van der Waals surface area contributed by atoms with Gasteiger partial charge in [0.2, 0.25) is 5.91 Å². The molecule has 1 amide bonds. The van der Waals surface area contributed by atoms with Crippen LogP contribution in [0.2, 0.25) is 0 Å². The van der Waals surface area contributed by atoms with Crippen LogP contribution in [0, 0.1) is 12.8 Å². The summed E-state index contributed by atoms with van der Waals surface area (Å²) in [5.74, 6) is 0.979. The first-order valence-corrected chi connectivity index (χ1v) is 10.2. The molecule has 0 bridgehead atoms. The molecule has 9 heteroatoms. The molecule has 146 valence electrons. The summed E-state index contributed by atoms with van der Waals surface area (Å²) < 4.78 is 23.3. The van der Waals surface area contributed by atoms with Crippen LogP contribution < -0.4 is 16.0 Å². The summed E-state index contributed by atoms with van der Waals surface area (Å²) >= 11 is 0. The Morgan fingerprint density at radius 3 is 2.38 bits per heavy atom. The summed E-state index contributed by atoms with van der Waals surface area (Å²) in [6, 6.07) is 5.28. The van der Waals surface area contributed by atoms with Crippen molar-refractivity contribution in [2.24, 2.45) is 10.9 Å². The van der Waals surface area contributed by atoms with Gasteiger partial charge in [-0.25, -0.2) is 8.42 Å². The van der Waals surface area contributed by atoms with Crippen molar-refractivity contribution >= 4 is 45.7 Å². The van der Waals surface area contributed by atoms with Crippen LogP contribution in [0.1, 0.15) is 24.0 Å². The van der Waals surface area contributed by atoms with Crippen molar-refractivity contribution in [1.29, 1.82) is 0 Å². The summed E-state index contributed by atoms with van der Waals surface area (Å²) in [6.45, 7) is 3.46. The van der Waals surface area contributed by atoms with Gasteiger partial charge in [-0.1, -0.05) is 12.1 Å². The number of guanidine groups is 1. The molecule has 1 aliphatic rings. The highest BCUT2D eigenvalue weighted by molar-refractivity contribution is 14.0. The van der Waals surface area contributed by atoms with E-state index < -0.39 is 9.84 Å². The Kier molecular flexibility index (Phi) is 8.81. The Labute approximate surface area is 172 Å². The Hall–Kier alpha value is -1.36. The molecule has 1 aromatic carbocycles. The molecule has 1 fully saturated rings. The monoisotopic (exact) mass is 494 g/mol. The van der Waals surface area contributed by atoms with Crippen LogP contribution in [0.15, 0.2) is 28.1 Å². The zero-order valence-electron chi connectivity index (χ0n) is 15.3. The van der Waals surface area contributed by atoms with E-state index in [0.29, 0.717) is 30.5 Å². The van der Waals surface area contributed by atoms with Gasteiger partial charge in [0.15, 0.2) is 15.8 Å². The number of rotatable bonds is 7. The molecule has 0 heterocycles. The van der Waals surface area contributed by atoms with E-state index in [9.17, 15) is 13.2 Å². The molecule has 1 aliphatic carbocycles. The molecule has 0 unspecified atom stereocenters. The number of nitrogens with one attached hydrogen (secondary N) is 3. The van der Waals surface area contributed by atoms with Crippen molar-refractivity contribution in [3.05, 3.63) is 29.3 Å². The van der Waals surface area contributed by atoms with Gasteiger partial charge in [-0.3, -0.25) is 9.79 Å². The fraction of sp³-hybridized carbons (Fsp3) is 0.529. The van der Waals surface area contributed by atoms with E-state index in [4.69, 9.17) is 0 Å². The Morgan fingerprint density at radius 2 is 1.85 bits per heavy atom. The van der Waals surface area contributed by atoms with Crippen molar-refractivity contribution in [3.63, 3.8) is 0 Å². The van der Waals surface area contributed by atoms with Gasteiger partial charge in [0.1, 0.15) is 0 Å². The van der Waals surface area contributed by atoms with Gasteiger partial charge in [-0.05, 0) is 37.0 Å². The van der Waals surface area contributed by atoms with Crippen LogP contribution in [-0.4, -0.2) is 46.7 Å². The van der Waals surface area contributed by atoms with E-state index in [0.717, 1.165) is 24.0 Å². The lowest BCUT2D eigenvalue weighted by atomic mass is 10.1. The highest BCUT2D eigenvalue weighted by Gasteiger charge is 2.28. The summed E-state index contributed by atoms with van der Waals surface area (Å²) in [5, 5.41) is 9.19. The number of carbonyl (C=O) groups excluding carboxylic acids is 1. The van der Waals surface area contributed by atoms with Gasteiger partial charge in [0.25, 0.3) is 0 Å².